The summed E-state index contributed by atoms with van der Waals surface area (Å²) in [6, 6.07) is -1.00. The number of ether oxygens (including phenoxy) is 7. The number of Topliss-reactive ketones (excluding diaryl/α,β-unsaturated/α-hetero) is 1. The number of aliphatic imine (C=N–C) groups is 3. The minimum absolute atomic E-state index is 0. The van der Waals surface area contributed by atoms with Gasteiger partial charge in [-0.3, -0.25) is 53.3 Å². The average molecular weight is 1140 g/mol. The van der Waals surface area contributed by atoms with E-state index in [-0.39, 0.29) is 98.8 Å². The second kappa shape index (κ2) is 28.7. The molecule has 4 heterocycles. The van der Waals surface area contributed by atoms with Crippen LogP contribution in [-0.2, 0) is 93.1 Å². The number of carbonyl (C=O) groups is 9. The Balaban J connectivity index is 0.00000579. The van der Waals surface area contributed by atoms with Crippen LogP contribution < -0.4 is 0 Å². The van der Waals surface area contributed by atoms with Gasteiger partial charge in [-0.2, -0.15) is 5.70 Å². The van der Waals surface area contributed by atoms with Crippen molar-refractivity contribution in [2.45, 2.75) is 138 Å². The van der Waals surface area contributed by atoms with Crippen LogP contribution in [-0.4, -0.2) is 132 Å². The Kier molecular flexibility index (Phi) is 25.5. The standard InChI is InChI=1S/C52H74N4O16.2CN.Co/c1-28(43-31(17-20-37(59)67-10)48(3,4)35(54-43)25-34-30(16-19-36(58)66-9)50(6,47(65)53-34)26-41(63)71-14)45-49(5,23-22-39(61)69-12)33(24-40(62)70-13)46(55-45)52(8)51(7,27-42(64)72-15)32(18-21-38(60)68-11)44(56-52)29(2)57;2*1-2;/h25,30-33,46H,16-24,26-27H2,1-15H3,(H,53,54,55,65);;;/q;2*-1;+3/p-1/t30-,31-,32-,33+,46-,49-,50+,51+,52+;;;/m1.../s1/i30+2,31+2,32+2,35+2,46+2,47+2,49+2,52+2;;;. The van der Waals surface area contributed by atoms with Crippen LogP contribution in [0.5, 0.6) is 0 Å². The van der Waals surface area contributed by atoms with Crippen LogP contribution in [0.15, 0.2) is 38.0 Å². The number of esters is 7. The van der Waals surface area contributed by atoms with Gasteiger partial charge >= 0.3 is 58.6 Å². The number of carbonyl (C=O) groups excluding carboxylic acids is 9. The van der Waals surface area contributed by atoms with Crippen molar-refractivity contribution in [3.8, 4) is 0 Å². The minimum atomic E-state index is -1.47. The first-order valence-electron chi connectivity index (χ1n) is 24.5. The molecule has 0 N–H and O–H groups in total. The first-order valence-corrected chi connectivity index (χ1v) is 24.5. The van der Waals surface area contributed by atoms with Gasteiger partial charge < -0.3 is 66.9 Å². The Hall–Kier alpha value is -6.59. The number of rotatable bonds is 22. The zero-order valence-corrected chi connectivity index (χ0v) is 47.8. The van der Waals surface area contributed by atoms with E-state index in [1.165, 1.54) is 56.7 Å². The van der Waals surface area contributed by atoms with E-state index in [2.05, 4.69) is 5.32 Å². The number of hydrogen-bond donors (Lipinski definition) is 0. The fourth-order valence-corrected chi connectivity index (χ4v) is 11.5. The summed E-state index contributed by atoms with van der Waals surface area (Å²) in [5.74, 6) is -7.80. The van der Waals surface area contributed by atoms with Crippen LogP contribution in [0.4, 0.5) is 0 Å². The first kappa shape index (κ1) is 68.4. The van der Waals surface area contributed by atoms with Crippen molar-refractivity contribution in [2.24, 2.45) is 60.3 Å². The van der Waals surface area contributed by atoms with Gasteiger partial charge in [0.25, 0.3) is 0 Å². The Morgan fingerprint density at radius 1 is 0.675 bits per heavy atom. The van der Waals surface area contributed by atoms with Crippen molar-refractivity contribution in [1.82, 2.24) is 0 Å². The molecule has 0 aromatic rings. The molecule has 4 aliphatic heterocycles. The molecule has 4 aliphatic rings. The smallest absolute Gasteiger partial charge is 0.630 e. The minimum Gasteiger partial charge on any atom is -0.630 e. The van der Waals surface area contributed by atoms with Gasteiger partial charge in [-0.05, 0) is 51.0 Å². The van der Waals surface area contributed by atoms with Crippen molar-refractivity contribution in [3.63, 3.8) is 0 Å². The van der Waals surface area contributed by atoms with Crippen LogP contribution in [0.25, 0.3) is 5.32 Å². The summed E-state index contributed by atoms with van der Waals surface area (Å²) in [5, 5.41) is 17.0. The number of allylic oxidation sites excluding steroid dienone is 4. The van der Waals surface area contributed by atoms with E-state index < -0.39 is 110 Å². The monoisotopic (exact) mass is 1140 g/mol. The molecule has 23 heteroatoms. The molecule has 0 saturated carbocycles. The van der Waals surface area contributed by atoms with E-state index in [1.54, 1.807) is 26.8 Å². The van der Waals surface area contributed by atoms with Gasteiger partial charge in [0.15, 0.2) is 5.78 Å². The van der Waals surface area contributed by atoms with E-state index in [0.717, 1.165) is 0 Å². The summed E-state index contributed by atoms with van der Waals surface area (Å²) in [4.78, 5) is 135. The van der Waals surface area contributed by atoms with Crippen molar-refractivity contribution in [3.05, 3.63) is 41.5 Å². The zero-order chi connectivity index (χ0) is 58.3. The Morgan fingerprint density at radius 2 is 1.12 bits per heavy atom. The van der Waals surface area contributed by atoms with E-state index in [0.29, 0.717) is 22.7 Å². The summed E-state index contributed by atoms with van der Waals surface area (Å²) < 4.78 is 35.6. The average Bonchev–Trinajstić information content (AvgIpc) is 4.00. The second-order valence-electron chi connectivity index (χ2n) is 20.6. The number of hydrogen-bond acceptors (Lipinski definition) is 21. The molecule has 0 radical (unpaired) electrons. The second-order valence-corrected chi connectivity index (χ2v) is 20.6. The van der Waals surface area contributed by atoms with Gasteiger partial charge in [0, 0.05) is 89.1 Å². The maximum absolute atomic E-state index is 13.8. The van der Waals surface area contributed by atoms with Gasteiger partial charge in [0.2, 0.25) is 0 Å². The van der Waals surface area contributed by atoms with Crippen LogP contribution in [0, 0.1) is 69.0 Å². The molecule has 4 rings (SSSR count). The van der Waals surface area contributed by atoms with Gasteiger partial charge in [0.1, 0.15) is 0 Å². The molecule has 9 atom stereocenters. The number of methoxy groups -OCH3 is 7. The third-order valence-electron chi connectivity index (χ3n) is 16.3. The molecule has 0 aromatic carbocycles. The number of ketones is 1. The summed E-state index contributed by atoms with van der Waals surface area (Å²) in [6.45, 7) is 23.6. The fourth-order valence-electron chi connectivity index (χ4n) is 11.5. The third-order valence-corrected chi connectivity index (χ3v) is 16.3. The maximum Gasteiger partial charge on any atom is 3.00 e. The molecule has 1 saturated heterocycles. The summed E-state index contributed by atoms with van der Waals surface area (Å²) >= 11 is 0. The number of amides is 1. The number of nitrogens with zero attached hydrogens (tertiary/aromatic N) is 6. The molecule has 0 unspecified atom stereocenters. The van der Waals surface area contributed by atoms with Crippen molar-refractivity contribution < 1.29 is 93.1 Å². The van der Waals surface area contributed by atoms with E-state index in [1.807, 2.05) is 27.7 Å². The maximum atomic E-state index is 13.8. The zero-order valence-electron chi connectivity index (χ0n) is 46.8. The molecular weight excluding hydrogens is 1060 g/mol. The van der Waals surface area contributed by atoms with Crippen molar-refractivity contribution in [1.29, 1.82) is 10.5 Å². The fraction of sp³-hybridized carbons (Fsp3) is 0.667. The van der Waals surface area contributed by atoms with E-state index in [9.17, 15) is 43.2 Å². The molecule has 0 aliphatic carbocycles. The largest absolute Gasteiger partial charge is 3.00 e. The summed E-state index contributed by atoms with van der Waals surface area (Å²) in [7, 11) is 8.76. The SMILES string of the molecule is COC(=O)CC[14C@@H]1/C(=C(\C)C2=N[14C@@H]([14C@]3(C)N=C(C(C)=O)[14C@@H](CCC(=O)OC)[C@]3(C)CC(=O)OC)[C@H](CC(=O)OC)[14C@@]2(C)CCC(=O)OC)N=[14C](/C=C2\[N-][14C](=O)[C@@](C)(CC(=O)OC)[14C@@H]2CCC(=O)OC)C1(C)C.[C-]#N.[C-]#N.[Co+3]. The molecule has 424 valence electrons. The van der Waals surface area contributed by atoms with Crippen LogP contribution in [0.2, 0.25) is 0 Å². The molecule has 1 fully saturated rings. The van der Waals surface area contributed by atoms with Crippen molar-refractivity contribution >= 4 is 70.6 Å². The molecule has 0 aromatic heterocycles. The molecule has 1 amide bonds. The quantitative estimate of drug-likeness (QED) is 0.0648. The van der Waals surface area contributed by atoms with E-state index >= 15 is 0 Å². The normalized spacial score (nSPS) is 28.7. The Labute approximate surface area is 461 Å². The molecule has 0 bridgehead atoms. The predicted octanol–water partition coefficient (Wildman–Crippen LogP) is 6.34. The van der Waals surface area contributed by atoms with Crippen molar-refractivity contribution in [2.75, 3.05) is 49.8 Å². The topological polar surface area (TPSA) is 317 Å². The predicted molar refractivity (Wildman–Crippen MR) is 271 cm³/mol. The summed E-state index contributed by atoms with van der Waals surface area (Å²) in [6.07, 6.45) is 1.00. The first-order chi connectivity index (χ1) is 35.6. The molecule has 0 spiro atoms. The Bertz CT molecular complexity index is 2470. The van der Waals surface area contributed by atoms with E-state index in [4.69, 9.17) is 71.8 Å². The third kappa shape index (κ3) is 14.3. The van der Waals surface area contributed by atoms with Gasteiger partial charge in [-0.15, -0.1) is 0 Å². The molecule has 77 heavy (non-hydrogen) atoms. The van der Waals surface area contributed by atoms with Crippen LogP contribution in [0.3, 0.4) is 0 Å². The Morgan fingerprint density at radius 3 is 1.58 bits per heavy atom. The molecular formula is C54H73CoN6O16. The van der Waals surface area contributed by atoms with Gasteiger partial charge in [-0.25, -0.2) is 0 Å². The van der Waals surface area contributed by atoms with Crippen LogP contribution >= 0.6 is 0 Å². The van der Waals surface area contributed by atoms with Gasteiger partial charge in [0.05, 0.1) is 92.2 Å². The summed E-state index contributed by atoms with van der Waals surface area (Å²) in [5.41, 5.74) is -3.89. The molecule has 22 nitrogen and oxygen atoms in total. The van der Waals surface area contributed by atoms with Crippen LogP contribution in [0.1, 0.15) is 126 Å². The van der Waals surface area contributed by atoms with Gasteiger partial charge in [-0.1, -0.05) is 40.7 Å².